The van der Waals surface area contributed by atoms with E-state index in [9.17, 15) is 23.2 Å². The number of hydrogen-bond donors (Lipinski definition) is 3. The number of aryl methyl sites for hydroxylation is 1. The largest absolute Gasteiger partial charge is 0.744 e. The SMILES string of the molecule is C=CC[n+]1c2ccccc2c(-c2ccc(N(CCO)CCO)cc2)c2ccccc21.Cc1ccc(O)cc1S(=O)(=O)[O-]. The normalized spacial score (nSPS) is 11.2. The van der Waals surface area contributed by atoms with Crippen LogP contribution >= 0.6 is 0 Å². The number of phenolic OH excluding ortho intramolecular Hbond substituents is 1. The summed E-state index contributed by atoms with van der Waals surface area (Å²) in [6.07, 6.45) is 1.93. The van der Waals surface area contributed by atoms with Crippen LogP contribution in [0, 0.1) is 6.92 Å². The van der Waals surface area contributed by atoms with E-state index in [1.54, 1.807) is 0 Å². The van der Waals surface area contributed by atoms with E-state index in [4.69, 9.17) is 5.11 Å². The van der Waals surface area contributed by atoms with Crippen LogP contribution in [0.5, 0.6) is 5.75 Å². The minimum atomic E-state index is -4.47. The van der Waals surface area contributed by atoms with Gasteiger partial charge in [-0.3, -0.25) is 0 Å². The number of benzene rings is 4. The summed E-state index contributed by atoms with van der Waals surface area (Å²) in [4.78, 5) is 1.62. The summed E-state index contributed by atoms with van der Waals surface area (Å²) in [5.74, 6) is -0.227. The zero-order chi connectivity index (χ0) is 30.3. The first kappa shape index (κ1) is 30.7. The van der Waals surface area contributed by atoms with Gasteiger partial charge < -0.3 is 24.8 Å². The number of hydrogen-bond acceptors (Lipinski definition) is 7. The average molecular weight is 587 g/mol. The molecule has 5 aromatic rings. The summed E-state index contributed by atoms with van der Waals surface area (Å²) in [5, 5.41) is 30.0. The van der Waals surface area contributed by atoms with Crippen molar-refractivity contribution in [2.75, 3.05) is 31.2 Å². The molecular weight excluding hydrogens is 552 g/mol. The lowest BCUT2D eigenvalue weighted by molar-refractivity contribution is -0.634. The van der Waals surface area contributed by atoms with Crippen molar-refractivity contribution >= 4 is 37.6 Å². The second kappa shape index (κ2) is 13.6. The third-order valence-corrected chi connectivity index (χ3v) is 7.92. The molecule has 9 heteroatoms. The second-order valence-corrected chi connectivity index (χ2v) is 11.0. The summed E-state index contributed by atoms with van der Waals surface area (Å²) in [7, 11) is -4.47. The predicted octanol–water partition coefficient (Wildman–Crippen LogP) is 4.53. The van der Waals surface area contributed by atoms with E-state index >= 15 is 0 Å². The highest BCUT2D eigenvalue weighted by molar-refractivity contribution is 7.85. The Kier molecular flexibility index (Phi) is 9.92. The molecule has 42 heavy (non-hydrogen) atoms. The number of aromatic nitrogens is 1. The molecule has 0 saturated heterocycles. The van der Waals surface area contributed by atoms with Gasteiger partial charge in [-0.1, -0.05) is 49.0 Å². The van der Waals surface area contributed by atoms with Crippen molar-refractivity contribution in [2.24, 2.45) is 0 Å². The van der Waals surface area contributed by atoms with Gasteiger partial charge in [-0.25, -0.2) is 8.42 Å². The minimum Gasteiger partial charge on any atom is -0.744 e. The molecule has 0 amide bonds. The van der Waals surface area contributed by atoms with Crippen LogP contribution in [-0.4, -0.2) is 54.6 Å². The molecule has 5 rings (SSSR count). The molecule has 0 aliphatic heterocycles. The van der Waals surface area contributed by atoms with Crippen molar-refractivity contribution in [1.82, 2.24) is 0 Å². The first-order chi connectivity index (χ1) is 20.2. The molecule has 1 heterocycles. The molecule has 0 radical (unpaired) electrons. The number of para-hydroxylation sites is 2. The molecule has 0 saturated carbocycles. The average Bonchev–Trinajstić information content (AvgIpc) is 2.98. The van der Waals surface area contributed by atoms with Gasteiger partial charge in [0.2, 0.25) is 11.0 Å². The van der Waals surface area contributed by atoms with Gasteiger partial charge in [-0.15, -0.1) is 0 Å². The van der Waals surface area contributed by atoms with Crippen LogP contribution in [0.3, 0.4) is 0 Å². The fourth-order valence-electron chi connectivity index (χ4n) is 5.06. The Balaban J connectivity index is 0.000000283. The minimum absolute atomic E-state index is 0.0546. The highest BCUT2D eigenvalue weighted by Crippen LogP contribution is 2.35. The molecule has 0 atom stereocenters. The van der Waals surface area contributed by atoms with Crippen molar-refractivity contribution in [3.63, 3.8) is 0 Å². The lowest BCUT2D eigenvalue weighted by Gasteiger charge is -2.23. The monoisotopic (exact) mass is 586 g/mol. The number of aliphatic hydroxyl groups is 2. The standard InChI is InChI=1S/C26H27N2O2.C7H8O4S/c1-2-15-28-24-9-5-3-7-22(24)26(23-8-4-6-10-25(23)28)20-11-13-21(14-12-20)27(16-18-29)17-19-30;1-5-2-3-6(8)4-7(5)12(9,10)11/h2-14,29-30H,1,15-19H2;2-4,8H,1H3,(H,9,10,11)/q+1;/p-1. The Labute approximate surface area is 245 Å². The zero-order valence-corrected chi connectivity index (χ0v) is 24.2. The van der Waals surface area contributed by atoms with Gasteiger partial charge in [0.25, 0.3) is 0 Å². The molecule has 0 unspecified atom stereocenters. The molecule has 3 N–H and O–H groups in total. The molecule has 218 valence electrons. The summed E-state index contributed by atoms with van der Waals surface area (Å²) in [6.45, 7) is 7.29. The molecule has 1 aromatic heterocycles. The van der Waals surface area contributed by atoms with Gasteiger partial charge >= 0.3 is 0 Å². The maximum Gasteiger partial charge on any atom is 0.213 e. The van der Waals surface area contributed by atoms with E-state index in [1.165, 1.54) is 46.4 Å². The van der Waals surface area contributed by atoms with Crippen molar-refractivity contribution in [1.29, 1.82) is 0 Å². The van der Waals surface area contributed by atoms with E-state index in [-0.39, 0.29) is 23.9 Å². The summed E-state index contributed by atoms with van der Waals surface area (Å²) in [6, 6.07) is 29.0. The molecule has 8 nitrogen and oxygen atoms in total. The number of anilines is 1. The smallest absolute Gasteiger partial charge is 0.213 e. The van der Waals surface area contributed by atoms with Crippen LogP contribution in [0.15, 0.2) is 109 Å². The number of phenols is 1. The molecule has 0 spiro atoms. The van der Waals surface area contributed by atoms with Crippen molar-refractivity contribution in [3.8, 4) is 16.9 Å². The van der Waals surface area contributed by atoms with E-state index < -0.39 is 10.1 Å². The Morgan fingerprint density at radius 3 is 1.88 bits per heavy atom. The Morgan fingerprint density at radius 2 is 1.40 bits per heavy atom. The Hall–Kier alpha value is -4.28. The summed E-state index contributed by atoms with van der Waals surface area (Å²) < 4.78 is 33.9. The zero-order valence-electron chi connectivity index (χ0n) is 23.3. The van der Waals surface area contributed by atoms with Crippen molar-refractivity contribution in [2.45, 2.75) is 18.4 Å². The quantitative estimate of drug-likeness (QED) is 0.100. The van der Waals surface area contributed by atoms with E-state index in [1.807, 2.05) is 11.0 Å². The third-order valence-electron chi connectivity index (χ3n) is 6.94. The van der Waals surface area contributed by atoms with Gasteiger partial charge in [0.05, 0.1) is 28.9 Å². The number of aliphatic hydroxyl groups excluding tert-OH is 2. The van der Waals surface area contributed by atoms with Gasteiger partial charge in [0, 0.05) is 36.5 Å². The molecule has 0 fully saturated rings. The van der Waals surface area contributed by atoms with Crippen molar-refractivity contribution in [3.05, 3.63) is 109 Å². The topological polar surface area (TPSA) is 125 Å². The molecule has 4 aromatic carbocycles. The van der Waals surface area contributed by atoms with E-state index in [2.05, 4.69) is 83.9 Å². The van der Waals surface area contributed by atoms with Crippen LogP contribution in [0.25, 0.3) is 32.9 Å². The third kappa shape index (κ3) is 6.78. The highest BCUT2D eigenvalue weighted by Gasteiger charge is 2.20. The van der Waals surface area contributed by atoms with Crippen molar-refractivity contribution < 1.29 is 32.9 Å². The van der Waals surface area contributed by atoms with E-state index in [0.717, 1.165) is 23.9 Å². The second-order valence-electron chi connectivity index (χ2n) is 9.69. The number of allylic oxidation sites excluding steroid dienone is 1. The first-order valence-electron chi connectivity index (χ1n) is 13.5. The first-order valence-corrected chi connectivity index (χ1v) is 14.9. The van der Waals surface area contributed by atoms with Crippen LogP contribution < -0.4 is 9.47 Å². The van der Waals surface area contributed by atoms with Crippen LogP contribution in [-0.2, 0) is 16.7 Å². The number of pyridine rings is 1. The molecule has 0 aliphatic rings. The van der Waals surface area contributed by atoms with Crippen LogP contribution in [0.4, 0.5) is 5.69 Å². The fourth-order valence-corrected chi connectivity index (χ4v) is 5.79. The number of nitrogens with zero attached hydrogens (tertiary/aromatic N) is 2. The summed E-state index contributed by atoms with van der Waals surface area (Å²) >= 11 is 0. The molecular formula is C33H34N2O6S. The van der Waals surface area contributed by atoms with Gasteiger partial charge in [0.15, 0.2) is 6.54 Å². The molecule has 0 bridgehead atoms. The summed E-state index contributed by atoms with van der Waals surface area (Å²) in [5.41, 5.74) is 6.04. The fraction of sp³-hybridized carbons (Fsp3) is 0.182. The predicted molar refractivity (Wildman–Crippen MR) is 164 cm³/mol. The maximum atomic E-state index is 10.5. The van der Waals surface area contributed by atoms with Gasteiger partial charge in [0.1, 0.15) is 15.9 Å². The number of fused-ring (bicyclic) bond motifs is 2. The van der Waals surface area contributed by atoms with Crippen LogP contribution in [0.2, 0.25) is 0 Å². The lowest BCUT2D eigenvalue weighted by atomic mass is 9.95. The number of rotatable bonds is 9. The van der Waals surface area contributed by atoms with Gasteiger partial charge in [-0.05, 0) is 60.5 Å². The Morgan fingerprint density at radius 1 is 0.857 bits per heavy atom. The number of aromatic hydroxyl groups is 1. The lowest BCUT2D eigenvalue weighted by Crippen LogP contribution is -2.34. The van der Waals surface area contributed by atoms with Gasteiger partial charge in [-0.2, -0.15) is 4.57 Å². The molecule has 0 aliphatic carbocycles. The Bertz CT molecular complexity index is 1740. The van der Waals surface area contributed by atoms with E-state index in [0.29, 0.717) is 18.7 Å². The maximum absolute atomic E-state index is 10.5. The highest BCUT2D eigenvalue weighted by atomic mass is 32.2. The van der Waals surface area contributed by atoms with Crippen LogP contribution in [0.1, 0.15) is 5.56 Å².